The molecule has 1 atom stereocenters. The highest BCUT2D eigenvalue weighted by Crippen LogP contribution is 2.08. The van der Waals surface area contributed by atoms with Crippen molar-refractivity contribution in [1.82, 2.24) is 15.4 Å². The van der Waals surface area contributed by atoms with Crippen molar-refractivity contribution in [3.05, 3.63) is 35.9 Å². The van der Waals surface area contributed by atoms with E-state index in [1.165, 1.54) is 6.92 Å². The Morgan fingerprint density at radius 3 is 2.44 bits per heavy atom. The first-order chi connectivity index (χ1) is 11.8. The van der Waals surface area contributed by atoms with E-state index >= 15 is 0 Å². The number of carbonyl (C=O) groups excluding carboxylic acids is 1. The van der Waals surface area contributed by atoms with Crippen molar-refractivity contribution in [3.63, 3.8) is 0 Å². The van der Waals surface area contributed by atoms with Gasteiger partial charge in [0, 0.05) is 25.6 Å². The number of hydrogen-bond donors (Lipinski definition) is 4. The van der Waals surface area contributed by atoms with Gasteiger partial charge in [-0.25, -0.2) is 17.9 Å². The van der Waals surface area contributed by atoms with Crippen molar-refractivity contribution in [2.45, 2.75) is 32.2 Å². The molecular formula is C16H25N3O5S. The van der Waals surface area contributed by atoms with Crippen molar-refractivity contribution in [2.75, 3.05) is 18.8 Å². The van der Waals surface area contributed by atoms with Gasteiger partial charge in [-0.2, -0.15) is 0 Å². The van der Waals surface area contributed by atoms with Crippen molar-refractivity contribution in [3.8, 4) is 0 Å². The molecule has 0 spiro atoms. The SMILES string of the molecule is CCS(=O)(=O)NCCNC(=O)NC(CCC(=O)O)Cc1ccccc1. The number of benzene rings is 1. The lowest BCUT2D eigenvalue weighted by Crippen LogP contribution is -2.45. The maximum atomic E-state index is 11.9. The van der Waals surface area contributed by atoms with Gasteiger partial charge in [0.25, 0.3) is 0 Å². The van der Waals surface area contributed by atoms with Crippen LogP contribution in [0, 0.1) is 0 Å². The Morgan fingerprint density at radius 2 is 1.84 bits per heavy atom. The molecule has 0 heterocycles. The minimum atomic E-state index is -3.29. The maximum Gasteiger partial charge on any atom is 0.315 e. The monoisotopic (exact) mass is 371 g/mol. The lowest BCUT2D eigenvalue weighted by Gasteiger charge is -2.19. The summed E-state index contributed by atoms with van der Waals surface area (Å²) in [5, 5.41) is 14.1. The summed E-state index contributed by atoms with van der Waals surface area (Å²) >= 11 is 0. The van der Waals surface area contributed by atoms with Crippen LogP contribution >= 0.6 is 0 Å². The van der Waals surface area contributed by atoms with Gasteiger partial charge in [0.1, 0.15) is 0 Å². The summed E-state index contributed by atoms with van der Waals surface area (Å²) in [6, 6.07) is 8.67. The van der Waals surface area contributed by atoms with Crippen molar-refractivity contribution >= 4 is 22.0 Å². The Labute approximate surface area is 148 Å². The summed E-state index contributed by atoms with van der Waals surface area (Å²) in [6.45, 7) is 1.77. The zero-order valence-electron chi connectivity index (χ0n) is 14.2. The van der Waals surface area contributed by atoms with E-state index in [1.807, 2.05) is 30.3 Å². The zero-order valence-corrected chi connectivity index (χ0v) is 15.0. The van der Waals surface area contributed by atoms with Crippen LogP contribution in [-0.4, -0.2) is 50.4 Å². The molecule has 0 radical (unpaired) electrons. The topological polar surface area (TPSA) is 125 Å². The number of hydrogen-bond acceptors (Lipinski definition) is 4. The van der Waals surface area contributed by atoms with E-state index < -0.39 is 22.0 Å². The molecule has 9 heteroatoms. The van der Waals surface area contributed by atoms with Crippen molar-refractivity contribution < 1.29 is 23.1 Å². The summed E-state index contributed by atoms with van der Waals surface area (Å²) in [6.07, 6.45) is 0.776. The van der Waals surface area contributed by atoms with E-state index in [1.54, 1.807) is 0 Å². The Hall–Kier alpha value is -2.13. The number of rotatable bonds is 11. The molecule has 8 nitrogen and oxygen atoms in total. The number of carboxylic acids is 1. The highest BCUT2D eigenvalue weighted by molar-refractivity contribution is 7.89. The third kappa shape index (κ3) is 9.68. The van der Waals surface area contributed by atoms with Crippen molar-refractivity contribution in [1.29, 1.82) is 0 Å². The molecule has 0 fully saturated rings. The van der Waals surface area contributed by atoms with Crippen LogP contribution < -0.4 is 15.4 Å². The number of carbonyl (C=O) groups is 2. The molecule has 0 bridgehead atoms. The predicted octanol–water partition coefficient (Wildman–Crippen LogP) is 0.701. The summed E-state index contributed by atoms with van der Waals surface area (Å²) in [5.41, 5.74) is 0.994. The van der Waals surface area contributed by atoms with Gasteiger partial charge in [-0.3, -0.25) is 4.79 Å². The first kappa shape index (κ1) is 20.9. The maximum absolute atomic E-state index is 11.9. The van der Waals surface area contributed by atoms with Gasteiger partial charge < -0.3 is 15.7 Å². The average Bonchev–Trinajstić information content (AvgIpc) is 2.57. The number of amides is 2. The molecule has 1 aromatic rings. The first-order valence-electron chi connectivity index (χ1n) is 8.10. The molecule has 0 aliphatic rings. The van der Waals surface area contributed by atoms with Gasteiger partial charge >= 0.3 is 12.0 Å². The molecule has 140 valence electrons. The summed E-state index contributed by atoms with van der Waals surface area (Å²) in [4.78, 5) is 22.7. The fraction of sp³-hybridized carbons (Fsp3) is 0.500. The average molecular weight is 371 g/mol. The van der Waals surface area contributed by atoms with Gasteiger partial charge in [-0.05, 0) is 25.3 Å². The van der Waals surface area contributed by atoms with Crippen LogP contribution in [0.25, 0.3) is 0 Å². The lowest BCUT2D eigenvalue weighted by atomic mass is 10.0. The first-order valence-corrected chi connectivity index (χ1v) is 9.75. The second-order valence-corrected chi connectivity index (χ2v) is 7.61. The van der Waals surface area contributed by atoms with E-state index in [9.17, 15) is 18.0 Å². The van der Waals surface area contributed by atoms with E-state index in [-0.39, 0.29) is 31.3 Å². The molecule has 25 heavy (non-hydrogen) atoms. The molecule has 0 saturated carbocycles. The van der Waals surface area contributed by atoms with Crippen molar-refractivity contribution in [2.24, 2.45) is 0 Å². The van der Waals surface area contributed by atoms with Gasteiger partial charge in [-0.1, -0.05) is 30.3 Å². The predicted molar refractivity (Wildman–Crippen MR) is 94.8 cm³/mol. The van der Waals surface area contributed by atoms with Crippen LogP contribution in [0.5, 0.6) is 0 Å². The Balaban J connectivity index is 2.46. The van der Waals surface area contributed by atoms with E-state index in [2.05, 4.69) is 15.4 Å². The number of urea groups is 1. The van der Waals surface area contributed by atoms with Crippen LogP contribution in [-0.2, 0) is 21.2 Å². The van der Waals surface area contributed by atoms with Gasteiger partial charge in [0.05, 0.1) is 5.75 Å². The number of sulfonamides is 1. The molecule has 0 aromatic heterocycles. The number of aliphatic carboxylic acids is 1. The quantitative estimate of drug-likeness (QED) is 0.426. The Kier molecular flexibility index (Phi) is 8.93. The molecular weight excluding hydrogens is 346 g/mol. The molecule has 0 aliphatic heterocycles. The van der Waals surface area contributed by atoms with Gasteiger partial charge in [-0.15, -0.1) is 0 Å². The Morgan fingerprint density at radius 1 is 1.16 bits per heavy atom. The standard InChI is InChI=1S/C16H25N3O5S/c1-2-25(23,24)18-11-10-17-16(22)19-14(8-9-15(20)21)12-13-6-4-3-5-7-13/h3-7,14,18H,2,8-12H2,1H3,(H,20,21)(H2,17,19,22). The van der Waals surface area contributed by atoms with Crippen LogP contribution in [0.2, 0.25) is 0 Å². The third-order valence-corrected chi connectivity index (χ3v) is 4.88. The Bertz CT molecular complexity index is 649. The largest absolute Gasteiger partial charge is 0.481 e. The molecule has 4 N–H and O–H groups in total. The van der Waals surface area contributed by atoms with Gasteiger partial charge in [0.15, 0.2) is 0 Å². The smallest absolute Gasteiger partial charge is 0.315 e. The fourth-order valence-corrected chi connectivity index (χ4v) is 2.76. The lowest BCUT2D eigenvalue weighted by molar-refractivity contribution is -0.137. The fourth-order valence-electron chi connectivity index (χ4n) is 2.14. The van der Waals surface area contributed by atoms with Crippen LogP contribution in [0.3, 0.4) is 0 Å². The molecule has 1 rings (SSSR count). The number of carboxylic acid groups (broad SMARTS) is 1. The second kappa shape index (κ2) is 10.7. The second-order valence-electron chi connectivity index (χ2n) is 5.52. The zero-order chi connectivity index (χ0) is 18.7. The normalized spacial score (nSPS) is 12.4. The van der Waals surface area contributed by atoms with E-state index in [4.69, 9.17) is 5.11 Å². The molecule has 1 unspecified atom stereocenters. The summed E-state index contributed by atoms with van der Waals surface area (Å²) < 4.78 is 24.9. The number of nitrogens with one attached hydrogen (secondary N) is 3. The minimum Gasteiger partial charge on any atom is -0.481 e. The van der Waals surface area contributed by atoms with E-state index in [0.29, 0.717) is 12.8 Å². The molecule has 0 saturated heterocycles. The molecule has 2 amide bonds. The summed E-state index contributed by atoms with van der Waals surface area (Å²) in [7, 11) is -3.29. The minimum absolute atomic E-state index is 0.0203. The third-order valence-electron chi connectivity index (χ3n) is 3.48. The summed E-state index contributed by atoms with van der Waals surface area (Å²) in [5.74, 6) is -0.942. The highest BCUT2D eigenvalue weighted by Gasteiger charge is 2.15. The molecule has 0 aliphatic carbocycles. The van der Waals surface area contributed by atoms with Crippen LogP contribution in [0.1, 0.15) is 25.3 Å². The van der Waals surface area contributed by atoms with E-state index in [0.717, 1.165) is 5.56 Å². The van der Waals surface area contributed by atoms with Crippen LogP contribution in [0.15, 0.2) is 30.3 Å². The highest BCUT2D eigenvalue weighted by atomic mass is 32.2. The molecule has 1 aromatic carbocycles. The van der Waals surface area contributed by atoms with Gasteiger partial charge in [0.2, 0.25) is 10.0 Å². The van der Waals surface area contributed by atoms with Crippen LogP contribution in [0.4, 0.5) is 4.79 Å².